The standard InChI is InChI=1S/C13H15F2N/c14-11-6-7-13(15)10(8-11)9-16-12-4-2-1-3-5-12/h2,4,6-8,12,16H,1,3,5,9H2. The first-order valence-corrected chi connectivity index (χ1v) is 5.59. The van der Waals surface area contributed by atoms with Gasteiger partial charge in [-0.3, -0.25) is 0 Å². The summed E-state index contributed by atoms with van der Waals surface area (Å²) < 4.78 is 26.2. The summed E-state index contributed by atoms with van der Waals surface area (Å²) in [6.07, 6.45) is 7.56. The molecule has 3 heteroatoms. The molecule has 0 heterocycles. The highest BCUT2D eigenvalue weighted by Gasteiger charge is 2.09. The number of allylic oxidation sites excluding steroid dienone is 1. The third-order valence-corrected chi connectivity index (χ3v) is 2.82. The lowest BCUT2D eigenvalue weighted by atomic mass is 10.0. The van der Waals surface area contributed by atoms with Crippen LogP contribution in [0.5, 0.6) is 0 Å². The highest BCUT2D eigenvalue weighted by molar-refractivity contribution is 5.18. The molecule has 2 rings (SSSR count). The molecule has 0 bridgehead atoms. The van der Waals surface area contributed by atoms with E-state index < -0.39 is 5.82 Å². The summed E-state index contributed by atoms with van der Waals surface area (Å²) in [6, 6.07) is 3.84. The van der Waals surface area contributed by atoms with E-state index in [9.17, 15) is 8.78 Å². The average Bonchev–Trinajstić information content (AvgIpc) is 2.32. The number of benzene rings is 1. The molecule has 0 radical (unpaired) electrons. The molecule has 1 aromatic carbocycles. The molecule has 0 fully saturated rings. The minimum absolute atomic E-state index is 0.288. The smallest absolute Gasteiger partial charge is 0.127 e. The van der Waals surface area contributed by atoms with Crippen LogP contribution in [0.3, 0.4) is 0 Å². The van der Waals surface area contributed by atoms with Gasteiger partial charge in [0.25, 0.3) is 0 Å². The maximum absolute atomic E-state index is 13.3. The molecule has 1 aromatic rings. The Morgan fingerprint density at radius 1 is 1.31 bits per heavy atom. The molecule has 0 aromatic heterocycles. The molecule has 1 aliphatic rings. The van der Waals surface area contributed by atoms with Crippen molar-refractivity contribution in [2.45, 2.75) is 31.8 Å². The van der Waals surface area contributed by atoms with Gasteiger partial charge in [0.1, 0.15) is 11.6 Å². The van der Waals surface area contributed by atoms with Crippen molar-refractivity contribution in [3.63, 3.8) is 0 Å². The second-order valence-electron chi connectivity index (χ2n) is 4.08. The molecule has 1 aliphatic carbocycles. The molecule has 16 heavy (non-hydrogen) atoms. The van der Waals surface area contributed by atoms with Gasteiger partial charge in [0.15, 0.2) is 0 Å². The summed E-state index contributed by atoms with van der Waals surface area (Å²) in [4.78, 5) is 0. The zero-order valence-corrected chi connectivity index (χ0v) is 9.05. The summed E-state index contributed by atoms with van der Waals surface area (Å²) in [6.45, 7) is 0.374. The van der Waals surface area contributed by atoms with Gasteiger partial charge >= 0.3 is 0 Å². The van der Waals surface area contributed by atoms with E-state index in [4.69, 9.17) is 0 Å². The molecule has 0 amide bonds. The number of hydrogen-bond acceptors (Lipinski definition) is 1. The first-order chi connectivity index (χ1) is 7.75. The SMILES string of the molecule is Fc1ccc(F)c(CNC2C=CCCC2)c1. The van der Waals surface area contributed by atoms with E-state index in [1.165, 1.54) is 12.1 Å². The van der Waals surface area contributed by atoms with Gasteiger partial charge in [-0.2, -0.15) is 0 Å². The Hall–Kier alpha value is -1.22. The maximum atomic E-state index is 13.3. The van der Waals surface area contributed by atoms with Crippen LogP contribution in [0.4, 0.5) is 8.78 Å². The van der Waals surface area contributed by atoms with Crippen LogP contribution in [-0.2, 0) is 6.54 Å². The minimum atomic E-state index is -0.391. The van der Waals surface area contributed by atoms with E-state index in [1.54, 1.807) is 0 Å². The molecule has 1 nitrogen and oxygen atoms in total. The molecule has 86 valence electrons. The fourth-order valence-electron chi connectivity index (χ4n) is 1.90. The number of hydrogen-bond donors (Lipinski definition) is 1. The van der Waals surface area contributed by atoms with E-state index in [0.717, 1.165) is 25.3 Å². The van der Waals surface area contributed by atoms with Gasteiger partial charge in [0.05, 0.1) is 0 Å². The Bertz CT molecular complexity index is 388. The lowest BCUT2D eigenvalue weighted by Crippen LogP contribution is -2.28. The monoisotopic (exact) mass is 223 g/mol. The van der Waals surface area contributed by atoms with Crippen molar-refractivity contribution in [1.82, 2.24) is 5.32 Å². The first-order valence-electron chi connectivity index (χ1n) is 5.59. The van der Waals surface area contributed by atoms with Crippen molar-refractivity contribution in [2.24, 2.45) is 0 Å². The molecular weight excluding hydrogens is 208 g/mol. The highest BCUT2D eigenvalue weighted by Crippen LogP contribution is 2.13. The molecule has 0 aliphatic heterocycles. The van der Waals surface area contributed by atoms with Gasteiger partial charge in [0.2, 0.25) is 0 Å². The molecule has 0 saturated heterocycles. The van der Waals surface area contributed by atoms with E-state index in [1.807, 2.05) is 0 Å². The van der Waals surface area contributed by atoms with Crippen LogP contribution in [-0.4, -0.2) is 6.04 Å². The predicted octanol–water partition coefficient (Wildman–Crippen LogP) is 3.16. The first kappa shape index (κ1) is 11.3. The molecular formula is C13H15F2N. The van der Waals surface area contributed by atoms with E-state index in [0.29, 0.717) is 12.1 Å². The van der Waals surface area contributed by atoms with Crippen molar-refractivity contribution in [1.29, 1.82) is 0 Å². The van der Waals surface area contributed by atoms with Crippen molar-refractivity contribution < 1.29 is 8.78 Å². The third kappa shape index (κ3) is 2.89. The Balaban J connectivity index is 1.95. The number of nitrogens with one attached hydrogen (secondary N) is 1. The number of rotatable bonds is 3. The Labute approximate surface area is 94.2 Å². The van der Waals surface area contributed by atoms with Crippen LogP contribution in [0, 0.1) is 11.6 Å². The minimum Gasteiger partial charge on any atom is -0.306 e. The van der Waals surface area contributed by atoms with E-state index in [2.05, 4.69) is 17.5 Å². The van der Waals surface area contributed by atoms with Crippen molar-refractivity contribution in [3.8, 4) is 0 Å². The molecule has 0 saturated carbocycles. The summed E-state index contributed by atoms with van der Waals surface area (Å²) in [5.74, 6) is -0.744. The normalized spacial score (nSPS) is 20.0. The largest absolute Gasteiger partial charge is 0.306 e. The Kier molecular flexibility index (Phi) is 3.67. The van der Waals surface area contributed by atoms with Crippen LogP contribution in [0.2, 0.25) is 0 Å². The second-order valence-corrected chi connectivity index (χ2v) is 4.08. The van der Waals surface area contributed by atoms with Gasteiger partial charge in [-0.05, 0) is 37.5 Å². The fraction of sp³-hybridized carbons (Fsp3) is 0.385. The highest BCUT2D eigenvalue weighted by atomic mass is 19.1. The second kappa shape index (κ2) is 5.21. The summed E-state index contributed by atoms with van der Waals surface area (Å²) in [5, 5.41) is 3.21. The lowest BCUT2D eigenvalue weighted by Gasteiger charge is -2.18. The summed E-state index contributed by atoms with van der Waals surface area (Å²) in [7, 11) is 0. The Morgan fingerprint density at radius 3 is 2.94 bits per heavy atom. The van der Waals surface area contributed by atoms with Crippen molar-refractivity contribution >= 4 is 0 Å². The molecule has 1 N–H and O–H groups in total. The van der Waals surface area contributed by atoms with Crippen LogP contribution < -0.4 is 5.32 Å². The van der Waals surface area contributed by atoms with Crippen LogP contribution >= 0.6 is 0 Å². The average molecular weight is 223 g/mol. The van der Waals surface area contributed by atoms with Crippen molar-refractivity contribution in [3.05, 3.63) is 47.5 Å². The fourth-order valence-corrected chi connectivity index (χ4v) is 1.90. The third-order valence-electron chi connectivity index (χ3n) is 2.82. The van der Waals surface area contributed by atoms with Gasteiger partial charge in [0, 0.05) is 18.2 Å². The van der Waals surface area contributed by atoms with Crippen LogP contribution in [0.25, 0.3) is 0 Å². The van der Waals surface area contributed by atoms with Crippen molar-refractivity contribution in [2.75, 3.05) is 0 Å². The summed E-state index contributed by atoms with van der Waals surface area (Å²) >= 11 is 0. The maximum Gasteiger partial charge on any atom is 0.127 e. The molecule has 1 unspecified atom stereocenters. The van der Waals surface area contributed by atoms with Gasteiger partial charge in [-0.1, -0.05) is 12.2 Å². The Morgan fingerprint density at radius 2 is 2.19 bits per heavy atom. The van der Waals surface area contributed by atoms with Gasteiger partial charge < -0.3 is 5.32 Å². The lowest BCUT2D eigenvalue weighted by molar-refractivity contribution is 0.506. The van der Waals surface area contributed by atoms with Gasteiger partial charge in [-0.25, -0.2) is 8.78 Å². The quantitative estimate of drug-likeness (QED) is 0.776. The number of halogens is 2. The summed E-state index contributed by atoms with van der Waals surface area (Å²) in [5.41, 5.74) is 0.388. The molecule has 0 spiro atoms. The van der Waals surface area contributed by atoms with Crippen LogP contribution in [0.15, 0.2) is 30.4 Å². The predicted molar refractivity (Wildman–Crippen MR) is 60.0 cm³/mol. The van der Waals surface area contributed by atoms with E-state index in [-0.39, 0.29) is 11.9 Å². The van der Waals surface area contributed by atoms with Crippen LogP contribution in [0.1, 0.15) is 24.8 Å². The zero-order chi connectivity index (χ0) is 11.4. The van der Waals surface area contributed by atoms with Gasteiger partial charge in [-0.15, -0.1) is 0 Å². The zero-order valence-electron chi connectivity index (χ0n) is 9.05. The topological polar surface area (TPSA) is 12.0 Å². The van der Waals surface area contributed by atoms with E-state index >= 15 is 0 Å². The molecule has 1 atom stereocenters.